The highest BCUT2D eigenvalue weighted by atomic mass is 79.9. The Morgan fingerprint density at radius 1 is 0.895 bits per heavy atom. The fourth-order valence-corrected chi connectivity index (χ4v) is 4.62. The topological polar surface area (TPSA) is 113 Å². The quantitative estimate of drug-likeness (QED) is 0.229. The highest BCUT2D eigenvalue weighted by molar-refractivity contribution is 9.10. The Labute approximate surface area is 225 Å². The van der Waals surface area contributed by atoms with Gasteiger partial charge in [0.15, 0.2) is 0 Å². The summed E-state index contributed by atoms with van der Waals surface area (Å²) >= 11 is 3.44. The van der Waals surface area contributed by atoms with E-state index >= 15 is 0 Å². The van der Waals surface area contributed by atoms with E-state index in [1.807, 2.05) is 30.3 Å². The maximum atomic E-state index is 13.6. The van der Waals surface area contributed by atoms with Gasteiger partial charge in [0.05, 0.1) is 6.54 Å². The lowest BCUT2D eigenvalue weighted by Crippen LogP contribution is -2.30. The van der Waals surface area contributed by atoms with Crippen molar-refractivity contribution in [3.8, 4) is 11.1 Å². The zero-order chi connectivity index (χ0) is 26.6. The summed E-state index contributed by atoms with van der Waals surface area (Å²) in [6, 6.07) is 26.3. The number of carboxylic acid groups (broad SMARTS) is 1. The number of aromatic nitrogens is 2. The molecule has 0 aliphatic rings. The van der Waals surface area contributed by atoms with E-state index in [0.717, 1.165) is 4.47 Å². The smallest absolute Gasteiger partial charge is 0.353 e. The summed E-state index contributed by atoms with van der Waals surface area (Å²) in [6.07, 6.45) is 1.60. The molecule has 2 heterocycles. The molecule has 3 N–H and O–H groups in total. The molecule has 0 atom stereocenters. The maximum absolute atomic E-state index is 13.6. The van der Waals surface area contributed by atoms with Crippen LogP contribution in [0.2, 0.25) is 0 Å². The normalized spacial score (nSPS) is 10.8. The van der Waals surface area contributed by atoms with Crippen LogP contribution >= 0.6 is 15.9 Å². The number of amides is 1. The molecule has 2 aromatic heterocycles. The second-order valence-corrected chi connectivity index (χ2v) is 9.38. The first-order chi connectivity index (χ1) is 18.4. The number of benzene rings is 3. The van der Waals surface area contributed by atoms with Crippen LogP contribution in [0.3, 0.4) is 0 Å². The van der Waals surface area contributed by atoms with Crippen molar-refractivity contribution in [3.05, 3.63) is 129 Å². The summed E-state index contributed by atoms with van der Waals surface area (Å²) in [7, 11) is 0. The SMILES string of the molecule is O=C(NNc1ccccn1)c1ccc(Cn2c(C(=O)O)c(-c3ccccc3)c3cc(Br)ccc3c2=O)cc1. The number of pyridine rings is 2. The predicted molar refractivity (Wildman–Crippen MR) is 149 cm³/mol. The first kappa shape index (κ1) is 24.9. The standard InChI is InChI=1S/C29H21BrN4O4/c30-21-13-14-22-23(16-21)25(19-6-2-1-3-7-19)26(29(37)38)34(28(22)36)17-18-9-11-20(12-10-18)27(35)33-32-24-8-4-5-15-31-24/h1-16H,17H2,(H,31,32)(H,33,35)(H,37,38). The highest BCUT2D eigenvalue weighted by Crippen LogP contribution is 2.32. The number of rotatable bonds is 7. The third kappa shape index (κ3) is 5.05. The second-order valence-electron chi connectivity index (χ2n) is 8.47. The van der Waals surface area contributed by atoms with Gasteiger partial charge in [-0.3, -0.25) is 25.0 Å². The number of nitrogens with one attached hydrogen (secondary N) is 2. The van der Waals surface area contributed by atoms with Gasteiger partial charge in [-0.15, -0.1) is 0 Å². The zero-order valence-electron chi connectivity index (χ0n) is 19.9. The molecule has 3 aromatic carbocycles. The number of carbonyl (C=O) groups is 2. The molecule has 5 aromatic rings. The molecular weight excluding hydrogens is 548 g/mol. The summed E-state index contributed by atoms with van der Waals surface area (Å²) < 4.78 is 2.01. The minimum absolute atomic E-state index is 0.0143. The van der Waals surface area contributed by atoms with Crippen LogP contribution in [0, 0.1) is 0 Å². The molecule has 0 aliphatic heterocycles. The minimum Gasteiger partial charge on any atom is -0.477 e. The monoisotopic (exact) mass is 568 g/mol. The molecule has 5 rings (SSSR count). The van der Waals surface area contributed by atoms with Crippen molar-refractivity contribution in [2.45, 2.75) is 6.54 Å². The number of carboxylic acids is 1. The minimum atomic E-state index is -1.21. The number of anilines is 1. The van der Waals surface area contributed by atoms with Gasteiger partial charge in [-0.1, -0.05) is 64.5 Å². The van der Waals surface area contributed by atoms with Gasteiger partial charge in [0.2, 0.25) is 0 Å². The Hall–Kier alpha value is -4.76. The van der Waals surface area contributed by atoms with Crippen molar-refractivity contribution in [1.82, 2.24) is 15.0 Å². The Morgan fingerprint density at radius 3 is 2.32 bits per heavy atom. The maximum Gasteiger partial charge on any atom is 0.353 e. The number of hydrogen-bond acceptors (Lipinski definition) is 5. The van der Waals surface area contributed by atoms with Gasteiger partial charge >= 0.3 is 5.97 Å². The van der Waals surface area contributed by atoms with Crippen LogP contribution in [0.5, 0.6) is 0 Å². The Morgan fingerprint density at radius 2 is 1.63 bits per heavy atom. The number of carbonyl (C=O) groups excluding carboxylic acids is 1. The van der Waals surface area contributed by atoms with E-state index in [-0.39, 0.29) is 18.1 Å². The molecule has 1 amide bonds. The predicted octanol–water partition coefficient (Wildman–Crippen LogP) is 5.33. The Bertz CT molecular complexity index is 1700. The molecular formula is C29H21BrN4O4. The second kappa shape index (κ2) is 10.7. The Kier molecular flexibility index (Phi) is 7.01. The van der Waals surface area contributed by atoms with Gasteiger partial charge in [0, 0.05) is 27.2 Å². The molecule has 0 radical (unpaired) electrons. The fraction of sp³-hybridized carbons (Fsp3) is 0.0345. The van der Waals surface area contributed by atoms with E-state index in [4.69, 9.17) is 0 Å². The molecule has 0 saturated heterocycles. The van der Waals surface area contributed by atoms with E-state index in [1.54, 1.807) is 66.9 Å². The van der Waals surface area contributed by atoms with Crippen LogP contribution in [-0.4, -0.2) is 26.5 Å². The number of nitrogens with zero attached hydrogens (tertiary/aromatic N) is 2. The molecule has 0 bridgehead atoms. The van der Waals surface area contributed by atoms with Crippen LogP contribution in [0.4, 0.5) is 5.82 Å². The molecule has 0 aliphatic carbocycles. The van der Waals surface area contributed by atoms with E-state index in [1.165, 1.54) is 4.57 Å². The molecule has 0 unspecified atom stereocenters. The number of hydrazine groups is 1. The zero-order valence-corrected chi connectivity index (χ0v) is 21.5. The largest absolute Gasteiger partial charge is 0.477 e. The number of aromatic carboxylic acids is 1. The lowest BCUT2D eigenvalue weighted by atomic mass is 9.96. The first-order valence-electron chi connectivity index (χ1n) is 11.6. The van der Waals surface area contributed by atoms with E-state index in [2.05, 4.69) is 31.8 Å². The van der Waals surface area contributed by atoms with E-state index in [0.29, 0.717) is 38.8 Å². The number of hydrogen-bond donors (Lipinski definition) is 3. The van der Waals surface area contributed by atoms with E-state index in [9.17, 15) is 19.5 Å². The number of fused-ring (bicyclic) bond motifs is 1. The van der Waals surface area contributed by atoms with Gasteiger partial charge in [0.1, 0.15) is 11.5 Å². The average Bonchev–Trinajstić information content (AvgIpc) is 2.94. The third-order valence-electron chi connectivity index (χ3n) is 6.02. The molecule has 9 heteroatoms. The molecule has 0 fully saturated rings. The average molecular weight is 569 g/mol. The molecule has 0 spiro atoms. The van der Waals surface area contributed by atoms with Gasteiger partial charge in [-0.25, -0.2) is 9.78 Å². The highest BCUT2D eigenvalue weighted by Gasteiger charge is 2.23. The first-order valence-corrected chi connectivity index (χ1v) is 12.4. The van der Waals surface area contributed by atoms with Crippen molar-refractivity contribution in [3.63, 3.8) is 0 Å². The lowest BCUT2D eigenvalue weighted by molar-refractivity contribution is 0.0685. The van der Waals surface area contributed by atoms with Crippen LogP contribution in [-0.2, 0) is 6.54 Å². The third-order valence-corrected chi connectivity index (χ3v) is 6.52. The van der Waals surface area contributed by atoms with Crippen molar-refractivity contribution in [1.29, 1.82) is 0 Å². The van der Waals surface area contributed by atoms with Crippen LogP contribution < -0.4 is 16.4 Å². The van der Waals surface area contributed by atoms with Crippen LogP contribution in [0.15, 0.2) is 106 Å². The summed E-state index contributed by atoms with van der Waals surface area (Å²) in [5.41, 5.74) is 7.01. The van der Waals surface area contributed by atoms with Gasteiger partial charge < -0.3 is 5.11 Å². The summed E-state index contributed by atoms with van der Waals surface area (Å²) in [5.74, 6) is -1.08. The fourth-order valence-electron chi connectivity index (χ4n) is 4.26. The number of halogens is 1. The molecule has 38 heavy (non-hydrogen) atoms. The molecule has 188 valence electrons. The van der Waals surface area contributed by atoms with Crippen molar-refractivity contribution < 1.29 is 14.7 Å². The summed E-state index contributed by atoms with van der Waals surface area (Å²) in [6.45, 7) is 0.0143. The van der Waals surface area contributed by atoms with Gasteiger partial charge in [0.25, 0.3) is 11.5 Å². The van der Waals surface area contributed by atoms with Crippen molar-refractivity contribution in [2.24, 2.45) is 0 Å². The lowest BCUT2D eigenvalue weighted by Gasteiger charge is -2.18. The molecule has 0 saturated carbocycles. The van der Waals surface area contributed by atoms with Gasteiger partial charge in [-0.2, -0.15) is 0 Å². The van der Waals surface area contributed by atoms with Crippen LogP contribution in [0.1, 0.15) is 26.4 Å². The summed E-state index contributed by atoms with van der Waals surface area (Å²) in [5, 5.41) is 11.2. The Balaban J connectivity index is 1.52. The van der Waals surface area contributed by atoms with Crippen LogP contribution in [0.25, 0.3) is 21.9 Å². The van der Waals surface area contributed by atoms with Crippen molar-refractivity contribution in [2.75, 3.05) is 5.43 Å². The van der Waals surface area contributed by atoms with E-state index < -0.39 is 11.5 Å². The van der Waals surface area contributed by atoms with Crippen molar-refractivity contribution >= 4 is 44.4 Å². The van der Waals surface area contributed by atoms with Gasteiger partial charge in [-0.05, 0) is 59.0 Å². The summed E-state index contributed by atoms with van der Waals surface area (Å²) in [4.78, 5) is 42.7. The molecule has 8 nitrogen and oxygen atoms in total.